The maximum Gasteiger partial charge on any atom is 0.100 e. The Morgan fingerprint density at radius 1 is 1.50 bits per heavy atom. The van der Waals surface area contributed by atoms with Crippen LogP contribution >= 0.6 is 0 Å². The second-order valence-corrected chi connectivity index (χ2v) is 3.20. The average molecular weight is 161 g/mol. The molecule has 1 atom stereocenters. The molecule has 0 saturated carbocycles. The van der Waals surface area contributed by atoms with Crippen LogP contribution in [0.2, 0.25) is 0 Å². The van der Waals surface area contributed by atoms with E-state index in [-0.39, 0.29) is 0 Å². The minimum absolute atomic E-state index is 0.486. The van der Waals surface area contributed by atoms with Crippen LogP contribution in [0.4, 0.5) is 5.69 Å². The van der Waals surface area contributed by atoms with Crippen molar-refractivity contribution in [3.8, 4) is 0 Å². The Kier molecular flexibility index (Phi) is 1.45. The number of hydrogen-bond acceptors (Lipinski definition) is 2. The molecule has 1 aliphatic rings. The number of hydrogen-bond donors (Lipinski definition) is 2. The molecule has 1 aromatic rings. The molecule has 0 saturated heterocycles. The number of nitrogen functional groups attached to an aromatic ring is 1. The van der Waals surface area contributed by atoms with Crippen LogP contribution in [0, 0.1) is 0 Å². The van der Waals surface area contributed by atoms with E-state index in [1.165, 1.54) is 0 Å². The van der Waals surface area contributed by atoms with Gasteiger partial charge in [0.05, 0.1) is 0 Å². The summed E-state index contributed by atoms with van der Waals surface area (Å²) in [4.78, 5) is 0. The fraction of sp³-hybridized carbons (Fsp3) is 0.200. The third kappa shape index (κ3) is 0.924. The lowest BCUT2D eigenvalue weighted by atomic mass is 10.1. The largest absolute Gasteiger partial charge is 0.399 e. The molecule has 1 unspecified atom stereocenters. The molecule has 0 radical (unpaired) electrons. The van der Waals surface area contributed by atoms with E-state index in [9.17, 15) is 5.11 Å². The van der Waals surface area contributed by atoms with Gasteiger partial charge < -0.3 is 10.8 Å². The quantitative estimate of drug-likeness (QED) is 0.446. The molecule has 3 N–H and O–H groups in total. The zero-order valence-electron chi connectivity index (χ0n) is 6.75. The van der Waals surface area contributed by atoms with Crippen molar-refractivity contribution in [3.05, 3.63) is 41.5 Å². The number of aliphatic hydroxyl groups excluding tert-OH is 1. The lowest BCUT2D eigenvalue weighted by Crippen LogP contribution is -1.92. The van der Waals surface area contributed by atoms with Gasteiger partial charge in [-0.15, -0.1) is 0 Å². The Bertz CT molecular complexity index is 344. The van der Waals surface area contributed by atoms with Crippen LogP contribution in [-0.4, -0.2) is 5.11 Å². The van der Waals surface area contributed by atoms with E-state index in [0.717, 1.165) is 28.8 Å². The standard InChI is InChI=1S/C10H11NO/c1-6-4-7-5-8(11)2-3-9(7)10(6)12/h2-3,5,10,12H,1,4,11H2. The van der Waals surface area contributed by atoms with Crippen molar-refractivity contribution < 1.29 is 5.11 Å². The molecular formula is C10H11NO. The first-order valence-electron chi connectivity index (χ1n) is 3.92. The fourth-order valence-electron chi connectivity index (χ4n) is 1.61. The fourth-order valence-corrected chi connectivity index (χ4v) is 1.61. The number of nitrogens with two attached hydrogens (primary N) is 1. The molecule has 2 heteroatoms. The van der Waals surface area contributed by atoms with Gasteiger partial charge in [0.1, 0.15) is 6.10 Å². The first-order chi connectivity index (χ1) is 5.68. The van der Waals surface area contributed by atoms with Gasteiger partial charge in [-0.3, -0.25) is 0 Å². The van der Waals surface area contributed by atoms with E-state index in [2.05, 4.69) is 6.58 Å². The molecule has 0 aliphatic heterocycles. The molecule has 1 aromatic carbocycles. The first kappa shape index (κ1) is 7.37. The van der Waals surface area contributed by atoms with Gasteiger partial charge in [-0.2, -0.15) is 0 Å². The van der Waals surface area contributed by atoms with Gasteiger partial charge in [-0.25, -0.2) is 0 Å². The molecule has 0 bridgehead atoms. The Labute approximate surface area is 71.3 Å². The smallest absolute Gasteiger partial charge is 0.100 e. The van der Waals surface area contributed by atoms with Crippen LogP contribution in [0.3, 0.4) is 0 Å². The highest BCUT2D eigenvalue weighted by molar-refractivity contribution is 5.51. The van der Waals surface area contributed by atoms with E-state index in [1.807, 2.05) is 12.1 Å². The van der Waals surface area contributed by atoms with E-state index in [0.29, 0.717) is 0 Å². The van der Waals surface area contributed by atoms with E-state index >= 15 is 0 Å². The summed E-state index contributed by atoms with van der Waals surface area (Å²) in [6.45, 7) is 3.79. The van der Waals surface area contributed by atoms with Crippen molar-refractivity contribution in [1.82, 2.24) is 0 Å². The minimum Gasteiger partial charge on any atom is -0.399 e. The second kappa shape index (κ2) is 2.35. The van der Waals surface area contributed by atoms with E-state index in [1.54, 1.807) is 6.07 Å². The van der Waals surface area contributed by atoms with Crippen LogP contribution in [0.5, 0.6) is 0 Å². The molecular weight excluding hydrogens is 150 g/mol. The highest BCUT2D eigenvalue weighted by Crippen LogP contribution is 2.35. The molecule has 0 heterocycles. The molecule has 0 amide bonds. The molecule has 1 aliphatic carbocycles. The van der Waals surface area contributed by atoms with Crippen LogP contribution in [0.1, 0.15) is 17.2 Å². The van der Waals surface area contributed by atoms with Crippen molar-refractivity contribution in [2.24, 2.45) is 0 Å². The molecule has 2 rings (SSSR count). The van der Waals surface area contributed by atoms with Crippen LogP contribution in [-0.2, 0) is 6.42 Å². The molecule has 2 nitrogen and oxygen atoms in total. The molecule has 0 fully saturated rings. The third-order valence-electron chi connectivity index (χ3n) is 2.27. The average Bonchev–Trinajstić information content (AvgIpc) is 2.28. The summed E-state index contributed by atoms with van der Waals surface area (Å²) in [5.74, 6) is 0. The van der Waals surface area contributed by atoms with Gasteiger partial charge in [0.2, 0.25) is 0 Å². The molecule has 12 heavy (non-hydrogen) atoms. The van der Waals surface area contributed by atoms with Crippen LogP contribution in [0.25, 0.3) is 0 Å². The monoisotopic (exact) mass is 161 g/mol. The summed E-state index contributed by atoms with van der Waals surface area (Å²) in [7, 11) is 0. The van der Waals surface area contributed by atoms with Crippen molar-refractivity contribution in [3.63, 3.8) is 0 Å². The van der Waals surface area contributed by atoms with Gasteiger partial charge in [0.15, 0.2) is 0 Å². The summed E-state index contributed by atoms with van der Waals surface area (Å²) in [6.07, 6.45) is 0.266. The summed E-state index contributed by atoms with van der Waals surface area (Å²) >= 11 is 0. The SMILES string of the molecule is C=C1Cc2cc(N)ccc2C1O. The second-order valence-electron chi connectivity index (χ2n) is 3.20. The van der Waals surface area contributed by atoms with Crippen LogP contribution in [0.15, 0.2) is 30.4 Å². The van der Waals surface area contributed by atoms with Crippen molar-refractivity contribution in [1.29, 1.82) is 0 Å². The number of aliphatic hydroxyl groups is 1. The molecule has 62 valence electrons. The minimum atomic E-state index is -0.486. The van der Waals surface area contributed by atoms with Gasteiger partial charge in [-0.1, -0.05) is 12.6 Å². The lowest BCUT2D eigenvalue weighted by Gasteiger charge is -2.03. The molecule has 0 spiro atoms. The summed E-state index contributed by atoms with van der Waals surface area (Å²) in [6, 6.07) is 5.57. The number of fused-ring (bicyclic) bond motifs is 1. The van der Waals surface area contributed by atoms with Gasteiger partial charge >= 0.3 is 0 Å². The third-order valence-corrected chi connectivity index (χ3v) is 2.27. The van der Waals surface area contributed by atoms with Crippen molar-refractivity contribution in [2.75, 3.05) is 5.73 Å². The Hall–Kier alpha value is -1.28. The Morgan fingerprint density at radius 2 is 2.25 bits per heavy atom. The summed E-state index contributed by atoms with van der Waals surface area (Å²) in [5.41, 5.74) is 9.27. The zero-order valence-corrected chi connectivity index (χ0v) is 6.75. The maximum atomic E-state index is 9.60. The van der Waals surface area contributed by atoms with E-state index in [4.69, 9.17) is 5.73 Å². The lowest BCUT2D eigenvalue weighted by molar-refractivity contribution is 0.221. The molecule has 0 aromatic heterocycles. The number of rotatable bonds is 0. The number of anilines is 1. The highest BCUT2D eigenvalue weighted by atomic mass is 16.3. The topological polar surface area (TPSA) is 46.2 Å². The van der Waals surface area contributed by atoms with Crippen LogP contribution < -0.4 is 5.73 Å². The normalized spacial score (nSPS) is 21.1. The Balaban J connectivity index is 2.54. The number of benzene rings is 1. The van der Waals surface area contributed by atoms with Gasteiger partial charge in [0.25, 0.3) is 0 Å². The van der Waals surface area contributed by atoms with Crippen molar-refractivity contribution >= 4 is 5.69 Å². The summed E-state index contributed by atoms with van der Waals surface area (Å²) < 4.78 is 0. The summed E-state index contributed by atoms with van der Waals surface area (Å²) in [5, 5.41) is 9.60. The van der Waals surface area contributed by atoms with E-state index < -0.39 is 6.10 Å². The predicted molar refractivity (Wildman–Crippen MR) is 48.7 cm³/mol. The van der Waals surface area contributed by atoms with Gasteiger partial charge in [-0.05, 0) is 35.3 Å². The zero-order chi connectivity index (χ0) is 8.72. The first-order valence-corrected chi connectivity index (χ1v) is 3.92. The van der Waals surface area contributed by atoms with Gasteiger partial charge in [0, 0.05) is 5.69 Å². The van der Waals surface area contributed by atoms with Crippen molar-refractivity contribution in [2.45, 2.75) is 12.5 Å². The highest BCUT2D eigenvalue weighted by Gasteiger charge is 2.23. The maximum absolute atomic E-state index is 9.60. The Morgan fingerprint density at radius 3 is 3.00 bits per heavy atom. The predicted octanol–water partition coefficient (Wildman–Crippen LogP) is 1.41.